The monoisotopic (exact) mass is 370 g/mol. The van der Waals surface area contributed by atoms with Gasteiger partial charge in [0.05, 0.1) is 0 Å². The third kappa shape index (κ3) is 3.20. The SMILES string of the molecule is O[C@@H](c1ccc(Br)cc1)[C@@H](O)c1ccc(Br)cc1. The molecule has 2 N–H and O–H groups in total. The van der Waals surface area contributed by atoms with Crippen LogP contribution in [0.3, 0.4) is 0 Å². The van der Waals surface area contributed by atoms with E-state index in [0.29, 0.717) is 11.1 Å². The fraction of sp³-hybridized carbons (Fsp3) is 0.143. The van der Waals surface area contributed by atoms with Crippen molar-refractivity contribution < 1.29 is 10.2 Å². The van der Waals surface area contributed by atoms with Gasteiger partial charge in [-0.2, -0.15) is 0 Å². The van der Waals surface area contributed by atoms with Gasteiger partial charge in [-0.3, -0.25) is 0 Å². The first-order valence-corrected chi connectivity index (χ1v) is 7.03. The average Bonchev–Trinajstić information content (AvgIpc) is 2.39. The van der Waals surface area contributed by atoms with E-state index < -0.39 is 12.2 Å². The Labute approximate surface area is 123 Å². The molecular weight excluding hydrogens is 360 g/mol. The third-order valence-electron chi connectivity index (χ3n) is 2.72. The zero-order chi connectivity index (χ0) is 13.1. The van der Waals surface area contributed by atoms with Crippen LogP contribution < -0.4 is 0 Å². The molecule has 0 bridgehead atoms. The first-order valence-electron chi connectivity index (χ1n) is 5.45. The number of rotatable bonds is 3. The largest absolute Gasteiger partial charge is 0.385 e. The average molecular weight is 372 g/mol. The molecule has 0 saturated heterocycles. The Bertz CT molecular complexity index is 459. The van der Waals surface area contributed by atoms with E-state index in [1.54, 1.807) is 24.3 Å². The molecule has 0 amide bonds. The molecule has 2 aromatic carbocycles. The summed E-state index contributed by atoms with van der Waals surface area (Å²) in [7, 11) is 0. The summed E-state index contributed by atoms with van der Waals surface area (Å²) in [6, 6.07) is 14.5. The van der Waals surface area contributed by atoms with Crippen LogP contribution in [0.15, 0.2) is 57.5 Å². The first kappa shape index (κ1) is 13.7. The molecule has 2 rings (SSSR count). The molecule has 94 valence electrons. The summed E-state index contributed by atoms with van der Waals surface area (Å²) < 4.78 is 1.88. The summed E-state index contributed by atoms with van der Waals surface area (Å²) in [5.41, 5.74) is 1.38. The van der Waals surface area contributed by atoms with E-state index in [2.05, 4.69) is 31.9 Å². The van der Waals surface area contributed by atoms with Crippen molar-refractivity contribution in [3.63, 3.8) is 0 Å². The molecule has 2 nitrogen and oxygen atoms in total. The van der Waals surface area contributed by atoms with Crippen molar-refractivity contribution in [1.29, 1.82) is 0 Å². The van der Waals surface area contributed by atoms with Gasteiger partial charge in [0.1, 0.15) is 12.2 Å². The number of hydrogen-bond donors (Lipinski definition) is 2. The maximum atomic E-state index is 10.1. The summed E-state index contributed by atoms with van der Waals surface area (Å²) in [4.78, 5) is 0. The number of aliphatic hydroxyl groups is 2. The van der Waals surface area contributed by atoms with Crippen molar-refractivity contribution in [3.05, 3.63) is 68.6 Å². The van der Waals surface area contributed by atoms with E-state index in [1.807, 2.05) is 24.3 Å². The lowest BCUT2D eigenvalue weighted by Gasteiger charge is -2.18. The highest BCUT2D eigenvalue weighted by Gasteiger charge is 2.19. The van der Waals surface area contributed by atoms with Crippen LogP contribution in [-0.2, 0) is 0 Å². The molecule has 0 aromatic heterocycles. The molecule has 18 heavy (non-hydrogen) atoms. The van der Waals surface area contributed by atoms with Gasteiger partial charge in [-0.05, 0) is 35.4 Å². The lowest BCUT2D eigenvalue weighted by Crippen LogP contribution is -2.10. The van der Waals surface area contributed by atoms with Gasteiger partial charge in [0.2, 0.25) is 0 Å². The van der Waals surface area contributed by atoms with E-state index in [-0.39, 0.29) is 0 Å². The highest BCUT2D eigenvalue weighted by atomic mass is 79.9. The number of benzene rings is 2. The molecule has 0 unspecified atom stereocenters. The maximum Gasteiger partial charge on any atom is 0.109 e. The molecule has 0 spiro atoms. The Morgan fingerprint density at radius 1 is 0.611 bits per heavy atom. The highest BCUT2D eigenvalue weighted by Crippen LogP contribution is 2.29. The Morgan fingerprint density at radius 2 is 0.889 bits per heavy atom. The maximum absolute atomic E-state index is 10.1. The van der Waals surface area contributed by atoms with Gasteiger partial charge in [-0.1, -0.05) is 56.1 Å². The zero-order valence-corrected chi connectivity index (χ0v) is 12.6. The summed E-state index contributed by atoms with van der Waals surface area (Å²) in [5.74, 6) is 0. The number of aliphatic hydroxyl groups excluding tert-OH is 2. The first-order chi connectivity index (χ1) is 8.58. The minimum atomic E-state index is -0.931. The van der Waals surface area contributed by atoms with Gasteiger partial charge in [0, 0.05) is 8.95 Å². The Kier molecular flexibility index (Phi) is 4.56. The van der Waals surface area contributed by atoms with E-state index in [9.17, 15) is 10.2 Å². The molecule has 4 heteroatoms. The molecule has 0 fully saturated rings. The van der Waals surface area contributed by atoms with Crippen LogP contribution in [-0.4, -0.2) is 10.2 Å². The minimum absolute atomic E-state index is 0.689. The van der Waals surface area contributed by atoms with Crippen molar-refractivity contribution in [2.24, 2.45) is 0 Å². The Morgan fingerprint density at radius 3 is 1.17 bits per heavy atom. The van der Waals surface area contributed by atoms with Crippen molar-refractivity contribution in [2.75, 3.05) is 0 Å². The molecule has 0 radical (unpaired) electrons. The third-order valence-corrected chi connectivity index (χ3v) is 3.78. The normalized spacial score (nSPS) is 14.2. The molecule has 2 aromatic rings. The van der Waals surface area contributed by atoms with E-state index in [0.717, 1.165) is 8.95 Å². The highest BCUT2D eigenvalue weighted by molar-refractivity contribution is 9.10. The Hall–Kier alpha value is -0.680. The predicted octanol–water partition coefficient (Wildman–Crippen LogP) is 3.98. The fourth-order valence-electron chi connectivity index (χ4n) is 1.68. The topological polar surface area (TPSA) is 40.5 Å². The van der Waals surface area contributed by atoms with E-state index in [1.165, 1.54) is 0 Å². The van der Waals surface area contributed by atoms with Crippen molar-refractivity contribution in [3.8, 4) is 0 Å². The van der Waals surface area contributed by atoms with Gasteiger partial charge in [-0.15, -0.1) is 0 Å². The quantitative estimate of drug-likeness (QED) is 0.856. The molecule has 2 atom stereocenters. The molecule has 0 aliphatic carbocycles. The van der Waals surface area contributed by atoms with Crippen LogP contribution in [0.1, 0.15) is 23.3 Å². The molecule has 0 aliphatic rings. The van der Waals surface area contributed by atoms with Crippen LogP contribution in [0, 0.1) is 0 Å². The lowest BCUT2D eigenvalue weighted by atomic mass is 9.98. The molecule has 0 aliphatic heterocycles. The van der Waals surface area contributed by atoms with Crippen LogP contribution >= 0.6 is 31.9 Å². The second-order valence-electron chi connectivity index (χ2n) is 3.99. The van der Waals surface area contributed by atoms with Crippen LogP contribution in [0.2, 0.25) is 0 Å². The van der Waals surface area contributed by atoms with E-state index >= 15 is 0 Å². The number of halogens is 2. The summed E-state index contributed by atoms with van der Waals surface area (Å²) in [6.45, 7) is 0. The predicted molar refractivity (Wildman–Crippen MR) is 78.2 cm³/mol. The van der Waals surface area contributed by atoms with Gasteiger partial charge < -0.3 is 10.2 Å². The smallest absolute Gasteiger partial charge is 0.109 e. The second-order valence-corrected chi connectivity index (χ2v) is 5.82. The standard InChI is InChI=1S/C14H12Br2O2/c15-11-5-1-9(2-6-11)13(17)14(18)10-3-7-12(16)8-4-10/h1-8,13-14,17-18H/t13-,14-/m0/s1. The van der Waals surface area contributed by atoms with Gasteiger partial charge in [0.25, 0.3) is 0 Å². The minimum Gasteiger partial charge on any atom is -0.385 e. The van der Waals surface area contributed by atoms with Gasteiger partial charge in [-0.25, -0.2) is 0 Å². The van der Waals surface area contributed by atoms with Crippen molar-refractivity contribution >= 4 is 31.9 Å². The summed E-state index contributed by atoms with van der Waals surface area (Å²) in [6.07, 6.45) is -1.86. The van der Waals surface area contributed by atoms with Crippen molar-refractivity contribution in [2.45, 2.75) is 12.2 Å². The Balaban J connectivity index is 2.20. The fourth-order valence-corrected chi connectivity index (χ4v) is 2.21. The van der Waals surface area contributed by atoms with Gasteiger partial charge in [0.15, 0.2) is 0 Å². The van der Waals surface area contributed by atoms with Crippen LogP contribution in [0.5, 0.6) is 0 Å². The van der Waals surface area contributed by atoms with Crippen LogP contribution in [0.4, 0.5) is 0 Å². The van der Waals surface area contributed by atoms with Gasteiger partial charge >= 0.3 is 0 Å². The summed E-state index contributed by atoms with van der Waals surface area (Å²) in [5, 5.41) is 20.3. The lowest BCUT2D eigenvalue weighted by molar-refractivity contribution is 0.0172. The van der Waals surface area contributed by atoms with Crippen LogP contribution in [0.25, 0.3) is 0 Å². The molecule has 0 saturated carbocycles. The molecular formula is C14H12Br2O2. The number of hydrogen-bond acceptors (Lipinski definition) is 2. The van der Waals surface area contributed by atoms with E-state index in [4.69, 9.17) is 0 Å². The summed E-state index contributed by atoms with van der Waals surface area (Å²) >= 11 is 6.67. The van der Waals surface area contributed by atoms with Crippen molar-refractivity contribution in [1.82, 2.24) is 0 Å². The second kappa shape index (κ2) is 5.97. The zero-order valence-electron chi connectivity index (χ0n) is 9.42. The molecule has 0 heterocycles.